The molecule has 116 valence electrons. The minimum Gasteiger partial charge on any atom is -0.461 e. The summed E-state index contributed by atoms with van der Waals surface area (Å²) in [5, 5.41) is 0. The van der Waals surface area contributed by atoms with E-state index in [2.05, 4.69) is 4.90 Å². The molecule has 1 aliphatic heterocycles. The Bertz CT molecular complexity index is 429. The van der Waals surface area contributed by atoms with E-state index in [-0.39, 0.29) is 11.9 Å². The van der Waals surface area contributed by atoms with Crippen molar-refractivity contribution in [3.63, 3.8) is 0 Å². The van der Waals surface area contributed by atoms with E-state index < -0.39 is 0 Å². The summed E-state index contributed by atoms with van der Waals surface area (Å²) in [6, 6.07) is 9.76. The molecule has 0 aliphatic carbocycles. The lowest BCUT2D eigenvalue weighted by atomic mass is 10.1. The molecule has 0 spiro atoms. The quantitative estimate of drug-likeness (QED) is 0.724. The molecule has 2 rings (SSSR count). The molecule has 0 N–H and O–H groups in total. The fraction of sp³-hybridized carbons (Fsp3) is 0.588. The van der Waals surface area contributed by atoms with Gasteiger partial charge in [-0.15, -0.1) is 0 Å². The Hall–Kier alpha value is -1.39. The molecule has 21 heavy (non-hydrogen) atoms. The van der Waals surface area contributed by atoms with Crippen LogP contribution in [0.1, 0.15) is 25.3 Å². The summed E-state index contributed by atoms with van der Waals surface area (Å²) < 4.78 is 11.0. The van der Waals surface area contributed by atoms with Gasteiger partial charge in [0.15, 0.2) is 0 Å². The average Bonchev–Trinajstić information content (AvgIpc) is 2.98. The lowest BCUT2D eigenvalue weighted by molar-refractivity contribution is -0.149. The maximum atomic E-state index is 12.0. The molecule has 1 saturated heterocycles. The van der Waals surface area contributed by atoms with Crippen LogP contribution in [-0.2, 0) is 20.9 Å². The molecule has 0 bridgehead atoms. The van der Waals surface area contributed by atoms with Crippen LogP contribution >= 0.6 is 0 Å². The zero-order chi connectivity index (χ0) is 15.1. The number of ether oxygens (including phenoxy) is 2. The second kappa shape index (κ2) is 8.15. The van der Waals surface area contributed by atoms with Gasteiger partial charge in [-0.25, -0.2) is 0 Å². The Labute approximate surface area is 127 Å². The van der Waals surface area contributed by atoms with E-state index in [1.54, 1.807) is 0 Å². The number of nitrogens with zero attached hydrogens (tertiary/aromatic N) is 1. The first kappa shape index (κ1) is 16.0. The van der Waals surface area contributed by atoms with Crippen LogP contribution in [0.3, 0.4) is 0 Å². The van der Waals surface area contributed by atoms with E-state index in [9.17, 15) is 4.79 Å². The summed E-state index contributed by atoms with van der Waals surface area (Å²) in [4.78, 5) is 14.2. The van der Waals surface area contributed by atoms with Crippen LogP contribution in [0.25, 0.3) is 0 Å². The third kappa shape index (κ3) is 5.48. The fourth-order valence-corrected chi connectivity index (χ4v) is 2.62. The predicted molar refractivity (Wildman–Crippen MR) is 81.9 cm³/mol. The van der Waals surface area contributed by atoms with Crippen molar-refractivity contribution in [2.24, 2.45) is 5.92 Å². The first-order chi connectivity index (χ1) is 10.1. The average molecular weight is 291 g/mol. The topological polar surface area (TPSA) is 38.8 Å². The molecule has 0 amide bonds. The molecule has 1 aliphatic rings. The van der Waals surface area contributed by atoms with Gasteiger partial charge in [0, 0.05) is 19.7 Å². The number of hydrogen-bond donors (Lipinski definition) is 0. The van der Waals surface area contributed by atoms with Gasteiger partial charge in [-0.05, 0) is 25.5 Å². The number of carbonyl (C=O) groups is 1. The van der Waals surface area contributed by atoms with Crippen LogP contribution in [-0.4, -0.2) is 43.7 Å². The van der Waals surface area contributed by atoms with Crippen LogP contribution in [0, 0.1) is 5.92 Å². The SMILES string of the molecule is CC(CN(C)CC1CCCO1)C(=O)OCc1ccccc1. The lowest BCUT2D eigenvalue weighted by Gasteiger charge is -2.23. The maximum absolute atomic E-state index is 12.0. The van der Waals surface area contributed by atoms with E-state index >= 15 is 0 Å². The van der Waals surface area contributed by atoms with Crippen LogP contribution in [0.15, 0.2) is 30.3 Å². The summed E-state index contributed by atoms with van der Waals surface area (Å²) in [6.45, 7) is 4.72. The van der Waals surface area contributed by atoms with Gasteiger partial charge >= 0.3 is 5.97 Å². The van der Waals surface area contributed by atoms with E-state index in [1.807, 2.05) is 44.3 Å². The molecule has 2 unspecified atom stereocenters. The molecule has 2 atom stereocenters. The fourth-order valence-electron chi connectivity index (χ4n) is 2.62. The first-order valence-corrected chi connectivity index (χ1v) is 7.66. The van der Waals surface area contributed by atoms with E-state index in [1.165, 1.54) is 0 Å². The first-order valence-electron chi connectivity index (χ1n) is 7.66. The zero-order valence-corrected chi connectivity index (χ0v) is 13.0. The molecule has 4 nitrogen and oxygen atoms in total. The third-order valence-corrected chi connectivity index (χ3v) is 3.75. The molecule has 0 saturated carbocycles. The molecule has 0 radical (unpaired) electrons. The third-order valence-electron chi connectivity index (χ3n) is 3.75. The number of benzene rings is 1. The second-order valence-electron chi connectivity index (χ2n) is 5.85. The normalized spacial score (nSPS) is 19.7. The standard InChI is InChI=1S/C17H25NO3/c1-14(11-18(2)12-16-9-6-10-20-16)17(19)21-13-15-7-4-3-5-8-15/h3-5,7-8,14,16H,6,9-13H2,1-2H3. The monoisotopic (exact) mass is 291 g/mol. The molecule has 0 aromatic heterocycles. The predicted octanol–water partition coefficient (Wildman–Crippen LogP) is 2.48. The maximum Gasteiger partial charge on any atom is 0.310 e. The molecule has 4 heteroatoms. The van der Waals surface area contributed by atoms with Crippen molar-refractivity contribution in [1.82, 2.24) is 4.90 Å². The highest BCUT2D eigenvalue weighted by atomic mass is 16.5. The number of likely N-dealkylation sites (N-methyl/N-ethyl adjacent to an activating group) is 1. The highest BCUT2D eigenvalue weighted by molar-refractivity contribution is 5.72. The minimum absolute atomic E-state index is 0.125. The van der Waals surface area contributed by atoms with Crippen LogP contribution < -0.4 is 0 Å². The minimum atomic E-state index is -0.141. The second-order valence-corrected chi connectivity index (χ2v) is 5.85. The summed E-state index contributed by atoms with van der Waals surface area (Å²) >= 11 is 0. The van der Waals surface area contributed by atoms with Crippen molar-refractivity contribution in [1.29, 1.82) is 0 Å². The van der Waals surface area contributed by atoms with Gasteiger partial charge in [0.1, 0.15) is 6.61 Å². The van der Waals surface area contributed by atoms with E-state index in [0.717, 1.165) is 31.6 Å². The molecule has 1 fully saturated rings. The summed E-state index contributed by atoms with van der Waals surface area (Å²) in [7, 11) is 2.03. The molecular weight excluding hydrogens is 266 g/mol. The van der Waals surface area contributed by atoms with Crippen molar-refractivity contribution in [2.75, 3.05) is 26.7 Å². The number of carbonyl (C=O) groups excluding carboxylic acids is 1. The van der Waals surface area contributed by atoms with Gasteiger partial charge in [-0.1, -0.05) is 37.3 Å². The van der Waals surface area contributed by atoms with Crippen molar-refractivity contribution in [3.8, 4) is 0 Å². The largest absolute Gasteiger partial charge is 0.461 e. The van der Waals surface area contributed by atoms with E-state index in [0.29, 0.717) is 19.3 Å². The van der Waals surface area contributed by atoms with Crippen molar-refractivity contribution >= 4 is 5.97 Å². The summed E-state index contributed by atoms with van der Waals surface area (Å²) in [5.41, 5.74) is 1.02. The van der Waals surface area contributed by atoms with E-state index in [4.69, 9.17) is 9.47 Å². The Balaban J connectivity index is 1.69. The van der Waals surface area contributed by atoms with Gasteiger partial charge in [-0.2, -0.15) is 0 Å². The smallest absolute Gasteiger partial charge is 0.310 e. The van der Waals surface area contributed by atoms with Gasteiger partial charge < -0.3 is 14.4 Å². The summed E-state index contributed by atoms with van der Waals surface area (Å²) in [5.74, 6) is -0.266. The van der Waals surface area contributed by atoms with Gasteiger partial charge in [0.2, 0.25) is 0 Å². The van der Waals surface area contributed by atoms with Gasteiger partial charge in [-0.3, -0.25) is 4.79 Å². The van der Waals surface area contributed by atoms with Gasteiger partial charge in [0.05, 0.1) is 12.0 Å². The Kier molecular flexibility index (Phi) is 6.21. The molecule has 1 aromatic carbocycles. The van der Waals surface area contributed by atoms with Crippen LogP contribution in [0.5, 0.6) is 0 Å². The number of rotatable bonds is 7. The number of hydrogen-bond acceptors (Lipinski definition) is 4. The highest BCUT2D eigenvalue weighted by Gasteiger charge is 2.21. The Morgan fingerprint density at radius 2 is 2.19 bits per heavy atom. The highest BCUT2D eigenvalue weighted by Crippen LogP contribution is 2.14. The van der Waals surface area contributed by atoms with Crippen molar-refractivity contribution in [2.45, 2.75) is 32.5 Å². The Morgan fingerprint density at radius 1 is 1.43 bits per heavy atom. The summed E-state index contributed by atoms with van der Waals surface area (Å²) in [6.07, 6.45) is 2.59. The number of esters is 1. The lowest BCUT2D eigenvalue weighted by Crippen LogP contribution is -2.35. The molecule has 1 heterocycles. The van der Waals surface area contributed by atoms with Gasteiger partial charge in [0.25, 0.3) is 0 Å². The zero-order valence-electron chi connectivity index (χ0n) is 13.0. The molecule has 1 aromatic rings. The van der Waals surface area contributed by atoms with Crippen molar-refractivity contribution < 1.29 is 14.3 Å². The van der Waals surface area contributed by atoms with Crippen molar-refractivity contribution in [3.05, 3.63) is 35.9 Å². The molecular formula is C17H25NO3. The Morgan fingerprint density at radius 3 is 2.86 bits per heavy atom. The van der Waals surface area contributed by atoms with Crippen LogP contribution in [0.2, 0.25) is 0 Å². The van der Waals surface area contributed by atoms with Crippen LogP contribution in [0.4, 0.5) is 0 Å².